The van der Waals surface area contributed by atoms with E-state index in [9.17, 15) is 4.79 Å². The van der Waals surface area contributed by atoms with Crippen molar-refractivity contribution >= 4 is 11.9 Å². The third-order valence-corrected chi connectivity index (χ3v) is 3.53. The fraction of sp³-hybridized carbons (Fsp3) is 0.316. The van der Waals surface area contributed by atoms with Gasteiger partial charge in [-0.25, -0.2) is 4.99 Å². The van der Waals surface area contributed by atoms with Gasteiger partial charge in [0.15, 0.2) is 5.96 Å². The topological polar surface area (TPSA) is 69.6 Å². The molecule has 0 saturated carbocycles. The van der Waals surface area contributed by atoms with Gasteiger partial charge < -0.3 is 15.5 Å². The van der Waals surface area contributed by atoms with Crippen molar-refractivity contribution in [3.05, 3.63) is 65.5 Å². The fourth-order valence-corrected chi connectivity index (χ4v) is 2.20. The van der Waals surface area contributed by atoms with Crippen LogP contribution in [0.5, 0.6) is 0 Å². The van der Waals surface area contributed by atoms with Crippen molar-refractivity contribution in [2.45, 2.75) is 20.0 Å². The minimum absolute atomic E-state index is 0.000387. The number of carbonyl (C=O) groups is 1. The lowest BCUT2D eigenvalue weighted by Gasteiger charge is -2.12. The van der Waals surface area contributed by atoms with E-state index < -0.39 is 0 Å². The van der Waals surface area contributed by atoms with Gasteiger partial charge in [0.2, 0.25) is 0 Å². The minimum atomic E-state index is 0.000387. The lowest BCUT2D eigenvalue weighted by molar-refractivity contribution is 0.0827. The van der Waals surface area contributed by atoms with Gasteiger partial charge in [0.25, 0.3) is 5.91 Å². The van der Waals surface area contributed by atoms with Crippen LogP contribution in [0.15, 0.2) is 53.7 Å². The zero-order chi connectivity index (χ0) is 18.1. The predicted octanol–water partition coefficient (Wildman–Crippen LogP) is 2.04. The first-order valence-electron chi connectivity index (χ1n) is 8.33. The van der Waals surface area contributed by atoms with E-state index in [0.29, 0.717) is 18.7 Å². The summed E-state index contributed by atoms with van der Waals surface area (Å²) in [6.45, 7) is 3.96. The third-order valence-electron chi connectivity index (χ3n) is 3.53. The maximum absolute atomic E-state index is 11.9. The van der Waals surface area contributed by atoms with Crippen LogP contribution in [0.2, 0.25) is 0 Å². The van der Waals surface area contributed by atoms with E-state index in [2.05, 4.69) is 20.6 Å². The Hall–Kier alpha value is -2.89. The second kappa shape index (κ2) is 9.42. The zero-order valence-corrected chi connectivity index (χ0v) is 15.0. The first-order valence-corrected chi connectivity index (χ1v) is 8.33. The third kappa shape index (κ3) is 5.91. The van der Waals surface area contributed by atoms with Crippen LogP contribution < -0.4 is 10.6 Å². The molecule has 0 bridgehead atoms. The standard InChI is InChI=1S/C19H25N5O/c1-4-20-19(23-14-17-7-5-6-12-21-17)22-13-15-8-10-16(11-9-15)18(25)24(2)3/h5-12H,4,13-14H2,1-3H3,(H2,20,22,23). The lowest BCUT2D eigenvalue weighted by atomic mass is 10.1. The van der Waals surface area contributed by atoms with Crippen molar-refractivity contribution in [1.29, 1.82) is 0 Å². The van der Waals surface area contributed by atoms with Gasteiger partial charge in [-0.3, -0.25) is 9.78 Å². The average Bonchev–Trinajstić information content (AvgIpc) is 2.64. The summed E-state index contributed by atoms with van der Waals surface area (Å²) in [5, 5.41) is 6.49. The summed E-state index contributed by atoms with van der Waals surface area (Å²) in [4.78, 5) is 22.3. The highest BCUT2D eigenvalue weighted by atomic mass is 16.2. The molecule has 1 heterocycles. The Morgan fingerprint density at radius 1 is 1.12 bits per heavy atom. The highest BCUT2D eigenvalue weighted by Crippen LogP contribution is 2.07. The Labute approximate surface area is 149 Å². The number of guanidine groups is 1. The smallest absolute Gasteiger partial charge is 0.253 e. The molecule has 6 heteroatoms. The molecule has 0 saturated heterocycles. The molecule has 1 amide bonds. The summed E-state index contributed by atoms with van der Waals surface area (Å²) in [5.74, 6) is 0.738. The predicted molar refractivity (Wildman–Crippen MR) is 100 cm³/mol. The molecule has 1 aromatic heterocycles. The number of hydrogen-bond acceptors (Lipinski definition) is 3. The Kier molecular flexibility index (Phi) is 6.95. The van der Waals surface area contributed by atoms with E-state index in [1.165, 1.54) is 0 Å². The summed E-state index contributed by atoms with van der Waals surface area (Å²) in [5.41, 5.74) is 2.68. The maximum atomic E-state index is 11.9. The van der Waals surface area contributed by atoms with Gasteiger partial charge in [0, 0.05) is 32.4 Å². The number of aromatic nitrogens is 1. The molecule has 132 valence electrons. The Bertz CT molecular complexity index is 696. The zero-order valence-electron chi connectivity index (χ0n) is 15.0. The molecule has 0 aliphatic rings. The summed E-state index contributed by atoms with van der Waals surface area (Å²) in [7, 11) is 3.49. The highest BCUT2D eigenvalue weighted by molar-refractivity contribution is 5.93. The number of pyridine rings is 1. The fourth-order valence-electron chi connectivity index (χ4n) is 2.20. The number of aliphatic imine (C=N–C) groups is 1. The van der Waals surface area contributed by atoms with E-state index in [1.807, 2.05) is 49.4 Å². The number of rotatable bonds is 6. The molecule has 0 spiro atoms. The molecule has 25 heavy (non-hydrogen) atoms. The van der Waals surface area contributed by atoms with Gasteiger partial charge in [-0.2, -0.15) is 0 Å². The molecule has 6 nitrogen and oxygen atoms in total. The lowest BCUT2D eigenvalue weighted by Crippen LogP contribution is -2.37. The van der Waals surface area contributed by atoms with Gasteiger partial charge in [0.05, 0.1) is 18.8 Å². The normalized spacial score (nSPS) is 11.1. The number of nitrogens with zero attached hydrogens (tertiary/aromatic N) is 3. The number of amides is 1. The number of carbonyl (C=O) groups excluding carboxylic acids is 1. The SMILES string of the molecule is CCNC(=NCc1ccc(C(=O)N(C)C)cc1)NCc1ccccn1. The average molecular weight is 339 g/mol. The van der Waals surface area contributed by atoms with Crippen LogP contribution in [-0.4, -0.2) is 42.4 Å². The largest absolute Gasteiger partial charge is 0.357 e. The molecule has 0 radical (unpaired) electrons. The van der Waals surface area contributed by atoms with Crippen LogP contribution in [0.25, 0.3) is 0 Å². The molecular weight excluding hydrogens is 314 g/mol. The minimum Gasteiger partial charge on any atom is -0.357 e. The maximum Gasteiger partial charge on any atom is 0.253 e. The number of hydrogen-bond donors (Lipinski definition) is 2. The number of nitrogens with one attached hydrogen (secondary N) is 2. The van der Waals surface area contributed by atoms with E-state index >= 15 is 0 Å². The van der Waals surface area contributed by atoms with Crippen molar-refractivity contribution in [2.75, 3.05) is 20.6 Å². The molecular formula is C19H25N5O. The van der Waals surface area contributed by atoms with Crippen molar-refractivity contribution in [3.63, 3.8) is 0 Å². The molecule has 2 N–H and O–H groups in total. The molecule has 0 fully saturated rings. The molecule has 2 rings (SSSR count). The Balaban J connectivity index is 1.97. The van der Waals surface area contributed by atoms with Crippen LogP contribution in [0, 0.1) is 0 Å². The second-order valence-corrected chi connectivity index (χ2v) is 5.77. The Morgan fingerprint density at radius 2 is 1.88 bits per heavy atom. The van der Waals surface area contributed by atoms with E-state index in [4.69, 9.17) is 0 Å². The van der Waals surface area contributed by atoms with Crippen LogP contribution in [0.3, 0.4) is 0 Å². The molecule has 0 unspecified atom stereocenters. The summed E-state index contributed by atoms with van der Waals surface area (Å²) < 4.78 is 0. The first-order chi connectivity index (χ1) is 12.1. The van der Waals surface area contributed by atoms with Gasteiger partial charge in [-0.15, -0.1) is 0 Å². The monoisotopic (exact) mass is 339 g/mol. The summed E-state index contributed by atoms with van der Waals surface area (Å²) in [6, 6.07) is 13.4. The molecule has 0 aliphatic heterocycles. The van der Waals surface area contributed by atoms with Crippen molar-refractivity contribution in [1.82, 2.24) is 20.5 Å². The van der Waals surface area contributed by atoms with Gasteiger partial charge in [-0.05, 0) is 36.8 Å². The number of benzene rings is 1. The second-order valence-electron chi connectivity index (χ2n) is 5.77. The van der Waals surface area contributed by atoms with E-state index in [0.717, 1.165) is 23.8 Å². The van der Waals surface area contributed by atoms with Crippen molar-refractivity contribution in [3.8, 4) is 0 Å². The van der Waals surface area contributed by atoms with Crippen LogP contribution in [-0.2, 0) is 13.1 Å². The molecule has 1 aromatic carbocycles. The van der Waals surface area contributed by atoms with Gasteiger partial charge in [0.1, 0.15) is 0 Å². The van der Waals surface area contributed by atoms with Crippen LogP contribution >= 0.6 is 0 Å². The van der Waals surface area contributed by atoms with Gasteiger partial charge in [-0.1, -0.05) is 18.2 Å². The van der Waals surface area contributed by atoms with Crippen molar-refractivity contribution in [2.24, 2.45) is 4.99 Å². The molecule has 2 aromatic rings. The summed E-state index contributed by atoms with van der Waals surface area (Å²) >= 11 is 0. The van der Waals surface area contributed by atoms with E-state index in [-0.39, 0.29) is 5.91 Å². The highest BCUT2D eigenvalue weighted by Gasteiger charge is 2.07. The van der Waals surface area contributed by atoms with Gasteiger partial charge >= 0.3 is 0 Å². The molecule has 0 atom stereocenters. The van der Waals surface area contributed by atoms with Crippen LogP contribution in [0.1, 0.15) is 28.5 Å². The molecule has 0 aliphatic carbocycles. The van der Waals surface area contributed by atoms with Crippen LogP contribution in [0.4, 0.5) is 0 Å². The first kappa shape index (κ1) is 18.4. The van der Waals surface area contributed by atoms with E-state index in [1.54, 1.807) is 25.2 Å². The quantitative estimate of drug-likeness (QED) is 0.624. The summed E-state index contributed by atoms with van der Waals surface area (Å²) in [6.07, 6.45) is 1.78. The Morgan fingerprint density at radius 3 is 2.48 bits per heavy atom. The van der Waals surface area contributed by atoms with Crippen molar-refractivity contribution < 1.29 is 4.79 Å².